The summed E-state index contributed by atoms with van der Waals surface area (Å²) in [6.45, 7) is 11.4. The minimum absolute atomic E-state index is 0.0844. The number of aliphatic carboxylic acids is 1. The molecule has 0 aromatic rings. The van der Waals surface area contributed by atoms with E-state index in [0.717, 1.165) is 44.9 Å². The molecule has 0 aromatic heterocycles. The van der Waals surface area contributed by atoms with Gasteiger partial charge in [-0.1, -0.05) is 34.6 Å². The van der Waals surface area contributed by atoms with Gasteiger partial charge in [0.2, 0.25) is 0 Å². The lowest BCUT2D eigenvalue weighted by molar-refractivity contribution is -0.244. The first kappa shape index (κ1) is 25.0. The fourth-order valence-corrected chi connectivity index (χ4v) is 11.3. The molecule has 4 N–H and O–H groups in total. The standard InChI is InChI=1S/C29H48O5/c1-15-12-18(26(33)34)17-10-11-27(3)19-8-9-23-28(4,13-22(31)25(32)29(23,5)14-30)20(19)6-7-21(27)24(17)16(15)2/h15-25,30-32H,6-14H2,1-5H3,(H,33,34)/t15-,16?,17?,18-,19?,20?,21?,22-,23?,24?,25+,27+,28-,29+/m1/s1. The average molecular weight is 477 g/mol. The Bertz CT molecular complexity index is 814. The van der Waals surface area contributed by atoms with Crippen LogP contribution in [0.2, 0.25) is 0 Å². The summed E-state index contributed by atoms with van der Waals surface area (Å²) in [6, 6.07) is 0. The monoisotopic (exact) mass is 476 g/mol. The number of aliphatic hydroxyl groups is 3. The maximum atomic E-state index is 12.2. The van der Waals surface area contributed by atoms with Crippen molar-refractivity contribution >= 4 is 5.97 Å². The molecule has 7 unspecified atom stereocenters. The summed E-state index contributed by atoms with van der Waals surface area (Å²) < 4.78 is 0. The second-order valence-electron chi connectivity index (χ2n) is 14.2. The highest BCUT2D eigenvalue weighted by Crippen LogP contribution is 2.71. The van der Waals surface area contributed by atoms with E-state index >= 15 is 0 Å². The third-order valence-electron chi connectivity index (χ3n) is 13.1. The van der Waals surface area contributed by atoms with Gasteiger partial charge in [0, 0.05) is 5.41 Å². The molecule has 5 aliphatic carbocycles. The molecular weight excluding hydrogens is 428 g/mol. The quantitative estimate of drug-likeness (QED) is 0.468. The Balaban J connectivity index is 1.49. The van der Waals surface area contributed by atoms with Gasteiger partial charge < -0.3 is 20.4 Å². The van der Waals surface area contributed by atoms with Crippen LogP contribution in [0.5, 0.6) is 0 Å². The summed E-state index contributed by atoms with van der Waals surface area (Å²) >= 11 is 0. The first-order valence-electron chi connectivity index (χ1n) is 14.1. The minimum atomic E-state index is -0.869. The first-order valence-corrected chi connectivity index (χ1v) is 14.1. The number of carbonyl (C=O) groups is 1. The van der Waals surface area contributed by atoms with Gasteiger partial charge >= 0.3 is 5.97 Å². The van der Waals surface area contributed by atoms with Crippen LogP contribution in [0.1, 0.15) is 86.0 Å². The molecular formula is C29H48O5. The lowest BCUT2D eigenvalue weighted by atomic mass is 9.36. The highest BCUT2D eigenvalue weighted by Gasteiger charge is 2.67. The fraction of sp³-hybridized carbons (Fsp3) is 0.966. The van der Waals surface area contributed by atoms with Crippen LogP contribution in [0, 0.1) is 69.5 Å². The maximum Gasteiger partial charge on any atom is 0.306 e. The van der Waals surface area contributed by atoms with Gasteiger partial charge in [-0.2, -0.15) is 0 Å². The largest absolute Gasteiger partial charge is 0.481 e. The molecule has 5 aliphatic rings. The lowest BCUT2D eigenvalue weighted by Gasteiger charge is -2.69. The molecule has 5 rings (SSSR count). The van der Waals surface area contributed by atoms with Crippen LogP contribution in [0.3, 0.4) is 0 Å². The Morgan fingerprint density at radius 2 is 1.53 bits per heavy atom. The van der Waals surface area contributed by atoms with Crippen molar-refractivity contribution in [3.05, 3.63) is 0 Å². The lowest BCUT2D eigenvalue weighted by Crippen LogP contribution is -2.66. The van der Waals surface area contributed by atoms with Gasteiger partial charge in [-0.15, -0.1) is 0 Å². The van der Waals surface area contributed by atoms with Crippen molar-refractivity contribution in [2.24, 2.45) is 69.5 Å². The van der Waals surface area contributed by atoms with Gasteiger partial charge in [-0.3, -0.25) is 4.79 Å². The number of hydrogen-bond acceptors (Lipinski definition) is 4. The van der Waals surface area contributed by atoms with Crippen LogP contribution >= 0.6 is 0 Å². The average Bonchev–Trinajstić information content (AvgIpc) is 2.79. The van der Waals surface area contributed by atoms with Crippen LogP contribution < -0.4 is 0 Å². The second-order valence-corrected chi connectivity index (χ2v) is 14.2. The van der Waals surface area contributed by atoms with Gasteiger partial charge in [-0.25, -0.2) is 0 Å². The Labute approximate surface area is 205 Å². The Kier molecular flexibility index (Phi) is 6.02. The molecule has 5 saturated carbocycles. The van der Waals surface area contributed by atoms with E-state index in [2.05, 4.69) is 27.7 Å². The molecule has 5 fully saturated rings. The zero-order valence-electron chi connectivity index (χ0n) is 21.9. The Morgan fingerprint density at radius 3 is 2.18 bits per heavy atom. The van der Waals surface area contributed by atoms with Crippen molar-refractivity contribution in [1.29, 1.82) is 0 Å². The van der Waals surface area contributed by atoms with Gasteiger partial charge in [0.05, 0.1) is 24.7 Å². The number of carboxylic acid groups (broad SMARTS) is 1. The molecule has 0 bridgehead atoms. The van der Waals surface area contributed by atoms with Crippen molar-refractivity contribution in [3.63, 3.8) is 0 Å². The highest BCUT2D eigenvalue weighted by atomic mass is 16.4. The zero-order valence-corrected chi connectivity index (χ0v) is 21.9. The van der Waals surface area contributed by atoms with Crippen LogP contribution in [0.4, 0.5) is 0 Å². The SMILES string of the molecule is CC1C2C(CC[C@]3(C)C2CCC2C3CCC3[C@]2(C)C[C@@H](O)[C@H](O)[C@@]3(C)CO)[C@H](C(=O)O)C[C@H]1C. The van der Waals surface area contributed by atoms with Gasteiger partial charge in [0.25, 0.3) is 0 Å². The molecule has 0 spiro atoms. The predicted molar refractivity (Wildman–Crippen MR) is 131 cm³/mol. The van der Waals surface area contributed by atoms with Crippen molar-refractivity contribution in [1.82, 2.24) is 0 Å². The van der Waals surface area contributed by atoms with Crippen LogP contribution in [-0.4, -0.2) is 45.2 Å². The molecule has 34 heavy (non-hydrogen) atoms. The molecule has 0 aliphatic heterocycles. The van der Waals surface area contributed by atoms with Crippen LogP contribution in [-0.2, 0) is 4.79 Å². The topological polar surface area (TPSA) is 98.0 Å². The van der Waals surface area contributed by atoms with Gasteiger partial charge in [0.1, 0.15) is 0 Å². The Morgan fingerprint density at radius 1 is 0.912 bits per heavy atom. The van der Waals surface area contributed by atoms with Gasteiger partial charge in [0.15, 0.2) is 0 Å². The van der Waals surface area contributed by atoms with Crippen LogP contribution in [0.25, 0.3) is 0 Å². The summed E-state index contributed by atoms with van der Waals surface area (Å²) in [7, 11) is 0. The molecule has 0 radical (unpaired) electrons. The predicted octanol–water partition coefficient (Wildman–Crippen LogP) is 4.58. The molecule has 0 heterocycles. The van der Waals surface area contributed by atoms with E-state index < -0.39 is 23.6 Å². The number of carboxylic acids is 1. The molecule has 14 atom stereocenters. The molecule has 0 amide bonds. The van der Waals surface area contributed by atoms with Gasteiger partial charge in [-0.05, 0) is 110 Å². The summed E-state index contributed by atoms with van der Waals surface area (Å²) in [5, 5.41) is 42.2. The van der Waals surface area contributed by atoms with Crippen molar-refractivity contribution in [3.8, 4) is 0 Å². The van der Waals surface area contributed by atoms with E-state index in [1.807, 2.05) is 6.92 Å². The molecule has 5 heteroatoms. The van der Waals surface area contributed by atoms with Crippen molar-refractivity contribution < 1.29 is 25.2 Å². The molecule has 194 valence electrons. The fourth-order valence-electron chi connectivity index (χ4n) is 11.3. The summed E-state index contributed by atoms with van der Waals surface area (Å²) in [5.41, 5.74) is -0.531. The number of fused-ring (bicyclic) bond motifs is 7. The highest BCUT2D eigenvalue weighted by molar-refractivity contribution is 5.70. The molecule has 0 saturated heterocycles. The van der Waals surface area contributed by atoms with Crippen molar-refractivity contribution in [2.45, 2.75) is 98.2 Å². The Hall–Kier alpha value is -0.650. The number of aliphatic hydroxyl groups excluding tert-OH is 3. The van der Waals surface area contributed by atoms with E-state index in [-0.39, 0.29) is 29.3 Å². The summed E-state index contributed by atoms with van der Waals surface area (Å²) in [5.74, 6) is 2.92. The first-order chi connectivity index (χ1) is 15.9. The minimum Gasteiger partial charge on any atom is -0.481 e. The third-order valence-corrected chi connectivity index (χ3v) is 13.1. The van der Waals surface area contributed by atoms with E-state index in [4.69, 9.17) is 0 Å². The normalized spacial score (nSPS) is 59.2. The van der Waals surface area contributed by atoms with E-state index in [1.165, 1.54) is 0 Å². The number of rotatable bonds is 2. The molecule has 5 nitrogen and oxygen atoms in total. The third kappa shape index (κ3) is 3.18. The van der Waals surface area contributed by atoms with Crippen LogP contribution in [0.15, 0.2) is 0 Å². The zero-order chi connectivity index (χ0) is 24.8. The maximum absolute atomic E-state index is 12.2. The summed E-state index contributed by atoms with van der Waals surface area (Å²) in [6.07, 6.45) is 6.35. The van der Waals surface area contributed by atoms with Crippen molar-refractivity contribution in [2.75, 3.05) is 6.61 Å². The second kappa shape index (κ2) is 8.18. The summed E-state index contributed by atoms with van der Waals surface area (Å²) in [4.78, 5) is 12.2. The smallest absolute Gasteiger partial charge is 0.306 e. The number of hydrogen-bond donors (Lipinski definition) is 4. The van der Waals surface area contributed by atoms with E-state index in [9.17, 15) is 25.2 Å². The molecule has 0 aromatic carbocycles. The van der Waals surface area contributed by atoms with E-state index in [0.29, 0.717) is 47.8 Å². The van der Waals surface area contributed by atoms with E-state index in [1.54, 1.807) is 0 Å².